The SMILES string of the molecule is Cc1cc2oc(=O)cc(COC(=O)c3cc(S(N)(=O)=O)ccc3F)c2cc1Cl. The number of ether oxygens (including phenoxy) is 1. The van der Waals surface area contributed by atoms with Crippen LogP contribution in [-0.2, 0) is 21.4 Å². The van der Waals surface area contributed by atoms with Crippen molar-refractivity contribution in [3.63, 3.8) is 0 Å². The molecule has 28 heavy (non-hydrogen) atoms. The molecule has 0 bridgehead atoms. The highest BCUT2D eigenvalue weighted by molar-refractivity contribution is 7.89. The van der Waals surface area contributed by atoms with E-state index in [2.05, 4.69) is 0 Å². The second-order valence-electron chi connectivity index (χ2n) is 5.95. The zero-order valence-corrected chi connectivity index (χ0v) is 15.9. The first-order valence-electron chi connectivity index (χ1n) is 7.78. The van der Waals surface area contributed by atoms with Crippen LogP contribution in [0.15, 0.2) is 50.5 Å². The number of nitrogens with two attached hydrogens (primary N) is 1. The van der Waals surface area contributed by atoms with Crippen LogP contribution in [0.4, 0.5) is 4.39 Å². The normalized spacial score (nSPS) is 11.6. The third-order valence-electron chi connectivity index (χ3n) is 3.95. The molecule has 0 fully saturated rings. The molecule has 0 aliphatic heterocycles. The molecule has 0 amide bonds. The van der Waals surface area contributed by atoms with Crippen LogP contribution in [-0.4, -0.2) is 14.4 Å². The summed E-state index contributed by atoms with van der Waals surface area (Å²) in [5, 5.41) is 5.85. The Morgan fingerprint density at radius 2 is 1.96 bits per heavy atom. The first-order valence-corrected chi connectivity index (χ1v) is 9.71. The molecule has 0 radical (unpaired) electrons. The minimum Gasteiger partial charge on any atom is -0.457 e. The van der Waals surface area contributed by atoms with Crippen molar-refractivity contribution in [3.8, 4) is 0 Å². The van der Waals surface area contributed by atoms with Crippen LogP contribution in [0.5, 0.6) is 0 Å². The van der Waals surface area contributed by atoms with Gasteiger partial charge in [-0.25, -0.2) is 27.5 Å². The highest BCUT2D eigenvalue weighted by Gasteiger charge is 2.19. The molecule has 0 atom stereocenters. The summed E-state index contributed by atoms with van der Waals surface area (Å²) in [6.07, 6.45) is 0. The monoisotopic (exact) mass is 425 g/mol. The number of aryl methyl sites for hydroxylation is 1. The van der Waals surface area contributed by atoms with Crippen molar-refractivity contribution in [1.29, 1.82) is 0 Å². The fraction of sp³-hybridized carbons (Fsp3) is 0.111. The van der Waals surface area contributed by atoms with E-state index in [1.807, 2.05) is 0 Å². The van der Waals surface area contributed by atoms with Gasteiger partial charge in [-0.15, -0.1) is 0 Å². The predicted octanol–water partition coefficient (Wildman–Crippen LogP) is 2.90. The van der Waals surface area contributed by atoms with E-state index in [0.29, 0.717) is 21.5 Å². The average molecular weight is 426 g/mol. The molecule has 10 heteroatoms. The molecular formula is C18H13ClFNO6S. The number of sulfonamides is 1. The Bertz CT molecular complexity index is 1270. The summed E-state index contributed by atoms with van der Waals surface area (Å²) in [5.74, 6) is -2.10. The van der Waals surface area contributed by atoms with Crippen molar-refractivity contribution in [2.75, 3.05) is 0 Å². The van der Waals surface area contributed by atoms with Gasteiger partial charge >= 0.3 is 11.6 Å². The minimum absolute atomic E-state index is 0.253. The van der Waals surface area contributed by atoms with E-state index < -0.39 is 37.9 Å². The molecule has 0 aliphatic carbocycles. The molecule has 7 nitrogen and oxygen atoms in total. The van der Waals surface area contributed by atoms with Gasteiger partial charge in [0.15, 0.2) is 0 Å². The van der Waals surface area contributed by atoms with Crippen LogP contribution in [0, 0.1) is 12.7 Å². The molecule has 0 saturated heterocycles. The van der Waals surface area contributed by atoms with Crippen LogP contribution < -0.4 is 10.8 Å². The Hall–Kier alpha value is -2.75. The van der Waals surface area contributed by atoms with Crippen molar-refractivity contribution < 1.29 is 26.8 Å². The maximum Gasteiger partial charge on any atom is 0.341 e. The number of esters is 1. The molecule has 0 unspecified atom stereocenters. The minimum atomic E-state index is -4.13. The zero-order valence-electron chi connectivity index (χ0n) is 14.4. The summed E-state index contributed by atoms with van der Waals surface area (Å²) in [5.41, 5.74) is -0.0314. The van der Waals surface area contributed by atoms with Gasteiger partial charge in [0.2, 0.25) is 10.0 Å². The first-order chi connectivity index (χ1) is 13.1. The number of hydrogen-bond donors (Lipinski definition) is 1. The Labute approximate surface area is 163 Å². The van der Waals surface area contributed by atoms with Crippen molar-refractivity contribution in [3.05, 3.63) is 74.3 Å². The van der Waals surface area contributed by atoms with E-state index in [9.17, 15) is 22.4 Å². The van der Waals surface area contributed by atoms with E-state index in [-0.39, 0.29) is 12.2 Å². The van der Waals surface area contributed by atoms with Crippen LogP contribution in [0.1, 0.15) is 21.5 Å². The van der Waals surface area contributed by atoms with E-state index in [1.54, 1.807) is 19.1 Å². The second kappa shape index (κ2) is 7.34. The van der Waals surface area contributed by atoms with E-state index in [1.165, 1.54) is 0 Å². The summed E-state index contributed by atoms with van der Waals surface area (Å²) in [7, 11) is -4.13. The van der Waals surface area contributed by atoms with Crippen molar-refractivity contribution in [1.82, 2.24) is 0 Å². The quantitative estimate of drug-likeness (QED) is 0.507. The number of rotatable bonds is 4. The molecule has 3 aromatic rings. The number of carbonyl (C=O) groups excluding carboxylic acids is 1. The van der Waals surface area contributed by atoms with Crippen molar-refractivity contribution in [2.24, 2.45) is 5.14 Å². The highest BCUT2D eigenvalue weighted by Crippen LogP contribution is 2.26. The van der Waals surface area contributed by atoms with Crippen LogP contribution in [0.2, 0.25) is 5.02 Å². The molecule has 1 heterocycles. The molecule has 0 aliphatic rings. The van der Waals surface area contributed by atoms with Crippen molar-refractivity contribution in [2.45, 2.75) is 18.4 Å². The first kappa shape index (κ1) is 20.0. The lowest BCUT2D eigenvalue weighted by Crippen LogP contribution is -2.15. The van der Waals surface area contributed by atoms with Gasteiger partial charge < -0.3 is 9.15 Å². The lowest BCUT2D eigenvalue weighted by atomic mass is 10.1. The highest BCUT2D eigenvalue weighted by atomic mass is 35.5. The topological polar surface area (TPSA) is 117 Å². The summed E-state index contributed by atoms with van der Waals surface area (Å²) < 4.78 is 46.9. The number of hydrogen-bond acceptors (Lipinski definition) is 6. The smallest absolute Gasteiger partial charge is 0.341 e. The fourth-order valence-corrected chi connectivity index (χ4v) is 3.23. The lowest BCUT2D eigenvalue weighted by Gasteiger charge is -2.09. The van der Waals surface area contributed by atoms with Gasteiger partial charge in [-0.2, -0.15) is 0 Å². The summed E-state index contributed by atoms with van der Waals surface area (Å²) >= 11 is 6.09. The average Bonchev–Trinajstić information content (AvgIpc) is 2.60. The predicted molar refractivity (Wildman–Crippen MR) is 99.1 cm³/mol. The third kappa shape index (κ3) is 4.06. The number of benzene rings is 2. The maximum absolute atomic E-state index is 13.9. The maximum atomic E-state index is 13.9. The molecular weight excluding hydrogens is 413 g/mol. The van der Waals surface area contributed by atoms with Gasteiger partial charge in [0, 0.05) is 22.0 Å². The Morgan fingerprint density at radius 3 is 2.64 bits per heavy atom. The lowest BCUT2D eigenvalue weighted by molar-refractivity contribution is 0.0468. The number of primary sulfonamides is 1. The Balaban J connectivity index is 1.94. The van der Waals surface area contributed by atoms with Gasteiger partial charge in [-0.1, -0.05) is 11.6 Å². The molecule has 1 aromatic heterocycles. The standard InChI is InChI=1S/C18H13ClFNO6S/c1-9-4-16-12(7-14(9)19)10(5-17(22)27-16)8-26-18(23)13-6-11(28(21,24)25)2-3-15(13)20/h2-7H,8H2,1H3,(H2,21,24,25). The zero-order chi connectivity index (χ0) is 20.6. The summed E-state index contributed by atoms with van der Waals surface area (Å²) in [4.78, 5) is 23.5. The molecule has 0 saturated carbocycles. The molecule has 0 spiro atoms. The van der Waals surface area contributed by atoms with Crippen LogP contribution in [0.25, 0.3) is 11.0 Å². The number of carbonyl (C=O) groups is 1. The largest absolute Gasteiger partial charge is 0.457 e. The molecule has 2 N–H and O–H groups in total. The van der Waals surface area contributed by atoms with Gasteiger partial charge in [-0.3, -0.25) is 0 Å². The van der Waals surface area contributed by atoms with Crippen molar-refractivity contribution >= 4 is 38.6 Å². The Morgan fingerprint density at radius 1 is 1.25 bits per heavy atom. The van der Waals surface area contributed by atoms with Gasteiger partial charge in [0.25, 0.3) is 0 Å². The fourth-order valence-electron chi connectivity index (χ4n) is 2.53. The van der Waals surface area contributed by atoms with E-state index in [0.717, 1.165) is 24.3 Å². The van der Waals surface area contributed by atoms with Gasteiger partial charge in [0.1, 0.15) is 18.0 Å². The summed E-state index contributed by atoms with van der Waals surface area (Å²) in [6, 6.07) is 6.76. The van der Waals surface area contributed by atoms with E-state index in [4.69, 9.17) is 25.9 Å². The Kier molecular flexibility index (Phi) is 5.24. The number of fused-ring (bicyclic) bond motifs is 1. The van der Waals surface area contributed by atoms with E-state index >= 15 is 0 Å². The third-order valence-corrected chi connectivity index (χ3v) is 5.27. The molecule has 146 valence electrons. The number of halogens is 2. The second-order valence-corrected chi connectivity index (χ2v) is 7.92. The van der Waals surface area contributed by atoms with Gasteiger partial charge in [-0.05, 0) is 42.8 Å². The molecule has 2 aromatic carbocycles. The van der Waals surface area contributed by atoms with Gasteiger partial charge in [0.05, 0.1) is 10.5 Å². The van der Waals surface area contributed by atoms with Crippen LogP contribution in [0.3, 0.4) is 0 Å². The molecule has 3 rings (SSSR count). The summed E-state index contributed by atoms with van der Waals surface area (Å²) in [6.45, 7) is 1.34. The van der Waals surface area contributed by atoms with Crippen LogP contribution >= 0.6 is 11.6 Å².